The van der Waals surface area contributed by atoms with Gasteiger partial charge in [-0.25, -0.2) is 0 Å². The van der Waals surface area contributed by atoms with Gasteiger partial charge in [0.25, 0.3) is 0 Å². The third-order valence-corrected chi connectivity index (χ3v) is 6.85. The molecule has 5 rings (SSSR count). The molecular weight excluding hydrogens is 548 g/mol. The van der Waals surface area contributed by atoms with E-state index in [1.54, 1.807) is 7.11 Å². The summed E-state index contributed by atoms with van der Waals surface area (Å²) in [5.41, 5.74) is 6.48. The highest BCUT2D eigenvalue weighted by Gasteiger charge is 2.54. The van der Waals surface area contributed by atoms with Crippen molar-refractivity contribution >= 4 is 34.9 Å². The maximum atomic E-state index is 11.3. The van der Waals surface area contributed by atoms with E-state index in [0.29, 0.717) is 29.9 Å². The number of rotatable bonds is 5. The normalized spacial score (nSPS) is 19.8. The number of ketones is 2. The number of piperidine rings is 1. The molecule has 3 heterocycles. The van der Waals surface area contributed by atoms with Crippen LogP contribution in [-0.4, -0.2) is 69.6 Å². The smallest absolute Gasteiger partial charge is 0.458 e. The van der Waals surface area contributed by atoms with Gasteiger partial charge in [0.05, 0.1) is 25.9 Å². The fourth-order valence-electron chi connectivity index (χ4n) is 5.19. The highest BCUT2D eigenvalue weighted by molar-refractivity contribution is 6.41. The van der Waals surface area contributed by atoms with E-state index in [1.807, 2.05) is 18.2 Å². The Kier molecular flexibility index (Phi) is 8.40. The van der Waals surface area contributed by atoms with Gasteiger partial charge in [0, 0.05) is 47.7 Å². The van der Waals surface area contributed by atoms with E-state index in [-0.39, 0.29) is 0 Å². The molecule has 14 heteroatoms. The third-order valence-electron chi connectivity index (χ3n) is 6.85. The van der Waals surface area contributed by atoms with E-state index < -0.39 is 23.9 Å². The number of ether oxygens (including phenoxy) is 2. The predicted octanol–water partition coefficient (Wildman–Crippen LogP) is 4.30. The summed E-state index contributed by atoms with van der Waals surface area (Å²) in [6, 6.07) is 10.6. The highest BCUT2D eigenvalue weighted by atomic mass is 19.4. The quantitative estimate of drug-likeness (QED) is 0.311. The molecule has 1 fully saturated rings. The first-order valence-electron chi connectivity index (χ1n) is 12.2. The van der Waals surface area contributed by atoms with Gasteiger partial charge in [-0.05, 0) is 48.9 Å². The summed E-state index contributed by atoms with van der Waals surface area (Å²) >= 11 is 0. The molecule has 2 aromatic carbocycles. The van der Waals surface area contributed by atoms with Crippen LogP contribution < -0.4 is 20.3 Å². The second kappa shape index (κ2) is 11.5. The van der Waals surface area contributed by atoms with E-state index >= 15 is 0 Å². The number of carbonyl (C=O) groups is 3. The standard InChI is InChI=1S/C22H25N3O3.C4F6O2/c1-27-21-3-2-16(8-14(21)12-26)24-17-9-15-13-28-7-6-25-20-4-5-23-11-19(20)18(10-17)22(15)25;5-3(6,7)1(11)2(12)4(8,9)10/h2-3,8-10,12,19-20,23-24H,4-7,11,13H2,1H3;/t19-,20-;/m0./s1. The van der Waals surface area contributed by atoms with Crippen LogP contribution in [0.5, 0.6) is 5.75 Å². The van der Waals surface area contributed by atoms with Crippen LogP contribution in [0.15, 0.2) is 30.3 Å². The lowest BCUT2D eigenvalue weighted by Crippen LogP contribution is -2.44. The van der Waals surface area contributed by atoms with Crippen LogP contribution in [0.1, 0.15) is 33.8 Å². The van der Waals surface area contributed by atoms with Crippen molar-refractivity contribution in [1.29, 1.82) is 0 Å². The molecule has 2 aromatic rings. The minimum absolute atomic E-state index is 0.517. The fourth-order valence-corrected chi connectivity index (χ4v) is 5.19. The number of aldehydes is 1. The first-order valence-corrected chi connectivity index (χ1v) is 12.2. The molecule has 1 saturated heterocycles. The Morgan fingerprint density at radius 2 is 1.77 bits per heavy atom. The number of halogens is 6. The molecule has 0 bridgehead atoms. The first kappa shape index (κ1) is 29.3. The number of hydrogen-bond donors (Lipinski definition) is 2. The Bertz CT molecular complexity index is 1270. The highest BCUT2D eigenvalue weighted by Crippen LogP contribution is 2.47. The molecule has 0 aliphatic carbocycles. The van der Waals surface area contributed by atoms with Crippen molar-refractivity contribution in [2.45, 2.75) is 37.3 Å². The summed E-state index contributed by atoms with van der Waals surface area (Å²) in [6.07, 6.45) is -9.55. The Morgan fingerprint density at radius 3 is 2.40 bits per heavy atom. The molecule has 3 aliphatic heterocycles. The van der Waals surface area contributed by atoms with Crippen molar-refractivity contribution in [3.8, 4) is 5.75 Å². The zero-order valence-electron chi connectivity index (χ0n) is 21.1. The van der Waals surface area contributed by atoms with Gasteiger partial charge in [0.15, 0.2) is 6.29 Å². The number of alkyl halides is 6. The molecule has 2 atom stereocenters. The van der Waals surface area contributed by atoms with Crippen LogP contribution >= 0.6 is 0 Å². The Balaban J connectivity index is 0.000000263. The van der Waals surface area contributed by atoms with Crippen molar-refractivity contribution in [3.63, 3.8) is 0 Å². The van der Waals surface area contributed by atoms with Crippen LogP contribution in [0.3, 0.4) is 0 Å². The van der Waals surface area contributed by atoms with Gasteiger partial charge in [-0.1, -0.05) is 0 Å². The van der Waals surface area contributed by atoms with Gasteiger partial charge >= 0.3 is 23.9 Å². The van der Waals surface area contributed by atoms with E-state index in [9.17, 15) is 40.7 Å². The van der Waals surface area contributed by atoms with Gasteiger partial charge in [-0.2, -0.15) is 26.3 Å². The predicted molar refractivity (Wildman–Crippen MR) is 131 cm³/mol. The Labute approximate surface area is 224 Å². The largest absolute Gasteiger partial charge is 0.496 e. The number of methoxy groups -OCH3 is 1. The second-order valence-corrected chi connectivity index (χ2v) is 9.34. The van der Waals surface area contributed by atoms with Crippen LogP contribution in [0.2, 0.25) is 0 Å². The number of fused-ring (bicyclic) bond motifs is 3. The zero-order valence-corrected chi connectivity index (χ0v) is 21.1. The Morgan fingerprint density at radius 1 is 1.07 bits per heavy atom. The van der Waals surface area contributed by atoms with E-state index in [1.165, 1.54) is 23.2 Å². The number of carbonyl (C=O) groups excluding carboxylic acids is 3. The summed E-state index contributed by atoms with van der Waals surface area (Å²) in [5.74, 6) is -5.71. The lowest BCUT2D eigenvalue weighted by atomic mass is 9.89. The average Bonchev–Trinajstić information content (AvgIpc) is 3.07. The SMILES string of the molecule is COc1ccc(Nc2cc3c4c(c2)[C@@H]2CNCC[C@@H]2N4CCOC3)cc1C=O.O=C(C(=O)C(F)(F)F)C(F)(F)F. The first-order chi connectivity index (χ1) is 18.8. The zero-order chi connectivity index (χ0) is 29.2. The van der Waals surface area contributed by atoms with Gasteiger partial charge in [0.2, 0.25) is 0 Å². The van der Waals surface area contributed by atoms with E-state index in [4.69, 9.17) is 9.47 Å². The lowest BCUT2D eigenvalue weighted by Gasteiger charge is -2.33. The molecule has 0 radical (unpaired) electrons. The number of hydrogen-bond acceptors (Lipinski definition) is 8. The number of Topliss-reactive ketones (excluding diaryl/α,β-unsaturated/α-hetero) is 2. The van der Waals surface area contributed by atoms with Gasteiger partial charge in [-0.3, -0.25) is 14.4 Å². The van der Waals surface area contributed by atoms with Crippen LogP contribution in [0.25, 0.3) is 0 Å². The van der Waals surface area contributed by atoms with Crippen molar-refractivity contribution in [2.75, 3.05) is 43.6 Å². The summed E-state index contributed by atoms with van der Waals surface area (Å²) in [7, 11) is 1.57. The summed E-state index contributed by atoms with van der Waals surface area (Å²) in [4.78, 5) is 33.2. The number of benzene rings is 2. The number of anilines is 3. The average molecular weight is 573 g/mol. The van der Waals surface area contributed by atoms with Crippen molar-refractivity contribution in [3.05, 3.63) is 47.0 Å². The van der Waals surface area contributed by atoms with Crippen LogP contribution in [0.4, 0.5) is 43.4 Å². The molecule has 3 aliphatic rings. The Hall–Kier alpha value is -3.65. The van der Waals surface area contributed by atoms with Gasteiger partial charge in [0.1, 0.15) is 5.75 Å². The van der Waals surface area contributed by atoms with Gasteiger partial charge < -0.3 is 25.0 Å². The summed E-state index contributed by atoms with van der Waals surface area (Å²) in [6.45, 7) is 4.48. The summed E-state index contributed by atoms with van der Waals surface area (Å²) < 4.78 is 78.1. The van der Waals surface area contributed by atoms with E-state index in [2.05, 4.69) is 27.7 Å². The van der Waals surface area contributed by atoms with Crippen molar-refractivity contribution < 1.29 is 50.2 Å². The maximum Gasteiger partial charge on any atom is 0.458 e. The minimum Gasteiger partial charge on any atom is -0.496 e. The monoisotopic (exact) mass is 573 g/mol. The van der Waals surface area contributed by atoms with Crippen LogP contribution in [0, 0.1) is 0 Å². The molecule has 0 aromatic heterocycles. The molecular formula is C26H25F6N3O5. The molecule has 2 N–H and O–H groups in total. The summed E-state index contributed by atoms with van der Waals surface area (Å²) in [5, 5.41) is 7.04. The van der Waals surface area contributed by atoms with Crippen LogP contribution in [-0.2, 0) is 20.9 Å². The van der Waals surface area contributed by atoms with E-state index in [0.717, 1.165) is 43.9 Å². The maximum absolute atomic E-state index is 11.3. The molecule has 0 unspecified atom stereocenters. The number of nitrogens with zero attached hydrogens (tertiary/aromatic N) is 1. The molecule has 0 saturated carbocycles. The topological polar surface area (TPSA) is 97.0 Å². The lowest BCUT2D eigenvalue weighted by molar-refractivity contribution is -0.193. The third kappa shape index (κ3) is 6.07. The minimum atomic E-state index is -5.77. The second-order valence-electron chi connectivity index (χ2n) is 9.34. The van der Waals surface area contributed by atoms with Gasteiger partial charge in [-0.15, -0.1) is 0 Å². The molecule has 0 spiro atoms. The fraction of sp³-hybridized carbons (Fsp3) is 0.423. The molecule has 8 nitrogen and oxygen atoms in total. The van der Waals surface area contributed by atoms with Crippen molar-refractivity contribution in [1.82, 2.24) is 5.32 Å². The number of nitrogens with one attached hydrogen (secondary N) is 2. The molecule has 216 valence electrons. The molecule has 0 amide bonds. The molecule has 40 heavy (non-hydrogen) atoms. The van der Waals surface area contributed by atoms with Crippen molar-refractivity contribution in [2.24, 2.45) is 0 Å².